The van der Waals surface area contributed by atoms with Gasteiger partial charge in [-0.3, -0.25) is 14.5 Å². The van der Waals surface area contributed by atoms with Gasteiger partial charge in [-0.15, -0.1) is 0 Å². The van der Waals surface area contributed by atoms with Gasteiger partial charge in [0.05, 0.1) is 18.3 Å². The van der Waals surface area contributed by atoms with Crippen molar-refractivity contribution in [1.82, 2.24) is 29.2 Å². The van der Waals surface area contributed by atoms with Gasteiger partial charge in [-0.2, -0.15) is 5.10 Å². The number of piperidine rings is 1. The van der Waals surface area contributed by atoms with Crippen molar-refractivity contribution in [2.75, 3.05) is 13.1 Å². The molecule has 3 aromatic rings. The van der Waals surface area contributed by atoms with Crippen molar-refractivity contribution >= 4 is 5.91 Å². The number of aryl methyl sites for hydroxylation is 1. The highest BCUT2D eigenvalue weighted by molar-refractivity contribution is 5.93. The Morgan fingerprint density at radius 3 is 3.00 bits per heavy atom. The quantitative estimate of drug-likeness (QED) is 0.698. The van der Waals surface area contributed by atoms with E-state index in [4.69, 9.17) is 0 Å². The summed E-state index contributed by atoms with van der Waals surface area (Å²) in [6.07, 6.45) is 13.0. The van der Waals surface area contributed by atoms with E-state index >= 15 is 0 Å². The van der Waals surface area contributed by atoms with Crippen molar-refractivity contribution in [1.29, 1.82) is 0 Å². The van der Waals surface area contributed by atoms with E-state index in [2.05, 4.69) is 25.7 Å². The van der Waals surface area contributed by atoms with E-state index in [0.29, 0.717) is 12.1 Å². The standard InChI is InChI=1S/C20H24N6O/c1-2-26-15-18(12-23-26)20(27)25-9-4-6-17(14-25)19-22-8-10-24(19)13-16-5-3-7-21-11-16/h3,5,7-8,10-12,15,17H,2,4,6,9,13-14H2,1H3. The highest BCUT2D eigenvalue weighted by atomic mass is 16.2. The average molecular weight is 364 g/mol. The smallest absolute Gasteiger partial charge is 0.257 e. The summed E-state index contributed by atoms with van der Waals surface area (Å²) in [7, 11) is 0. The lowest BCUT2D eigenvalue weighted by molar-refractivity contribution is 0.0703. The van der Waals surface area contributed by atoms with Crippen molar-refractivity contribution in [3.63, 3.8) is 0 Å². The largest absolute Gasteiger partial charge is 0.338 e. The predicted molar refractivity (Wildman–Crippen MR) is 101 cm³/mol. The third kappa shape index (κ3) is 3.77. The summed E-state index contributed by atoms with van der Waals surface area (Å²) in [5.41, 5.74) is 1.81. The second-order valence-electron chi connectivity index (χ2n) is 6.95. The zero-order valence-electron chi connectivity index (χ0n) is 15.5. The normalized spacial score (nSPS) is 17.2. The van der Waals surface area contributed by atoms with Crippen molar-refractivity contribution in [2.24, 2.45) is 0 Å². The molecule has 0 spiro atoms. The molecule has 0 bridgehead atoms. The summed E-state index contributed by atoms with van der Waals surface area (Å²) in [6, 6.07) is 4.02. The molecule has 1 unspecified atom stereocenters. The van der Waals surface area contributed by atoms with Gasteiger partial charge in [0.25, 0.3) is 5.91 Å². The molecule has 3 aromatic heterocycles. The summed E-state index contributed by atoms with van der Waals surface area (Å²) in [4.78, 5) is 23.6. The van der Waals surface area contributed by atoms with Crippen molar-refractivity contribution < 1.29 is 4.79 Å². The van der Waals surface area contributed by atoms with Gasteiger partial charge in [-0.25, -0.2) is 4.98 Å². The van der Waals surface area contributed by atoms with Crippen LogP contribution in [-0.2, 0) is 13.1 Å². The molecule has 140 valence electrons. The molecule has 1 amide bonds. The van der Waals surface area contributed by atoms with Gasteiger partial charge in [0.2, 0.25) is 0 Å². The number of imidazole rings is 1. The number of rotatable bonds is 5. The van der Waals surface area contributed by atoms with E-state index in [0.717, 1.165) is 43.9 Å². The summed E-state index contributed by atoms with van der Waals surface area (Å²) < 4.78 is 3.96. The molecule has 4 heterocycles. The van der Waals surface area contributed by atoms with Gasteiger partial charge in [-0.05, 0) is 31.4 Å². The van der Waals surface area contributed by atoms with Crippen LogP contribution >= 0.6 is 0 Å². The lowest BCUT2D eigenvalue weighted by atomic mass is 9.96. The van der Waals surface area contributed by atoms with Crippen LogP contribution in [0.3, 0.4) is 0 Å². The number of likely N-dealkylation sites (tertiary alicyclic amines) is 1. The SMILES string of the molecule is CCn1cc(C(=O)N2CCCC(c3nccn3Cc3cccnc3)C2)cn1. The number of aromatic nitrogens is 5. The molecule has 1 aliphatic rings. The number of amides is 1. The highest BCUT2D eigenvalue weighted by Crippen LogP contribution is 2.27. The lowest BCUT2D eigenvalue weighted by Crippen LogP contribution is -2.39. The average Bonchev–Trinajstić information content (AvgIpc) is 3.38. The van der Waals surface area contributed by atoms with E-state index in [9.17, 15) is 4.79 Å². The maximum atomic E-state index is 12.9. The Hall–Kier alpha value is -2.96. The molecule has 7 heteroatoms. The van der Waals surface area contributed by atoms with Gasteiger partial charge in [0.1, 0.15) is 5.82 Å². The molecule has 0 radical (unpaired) electrons. The van der Waals surface area contributed by atoms with Crippen LogP contribution in [0.25, 0.3) is 0 Å². The van der Waals surface area contributed by atoms with E-state index < -0.39 is 0 Å². The fourth-order valence-electron chi connectivity index (χ4n) is 3.70. The zero-order chi connectivity index (χ0) is 18.6. The number of hydrogen-bond acceptors (Lipinski definition) is 4. The molecule has 0 aromatic carbocycles. The Kier molecular flexibility index (Phi) is 5.00. The molecule has 0 aliphatic carbocycles. The van der Waals surface area contributed by atoms with Crippen molar-refractivity contribution in [3.8, 4) is 0 Å². The molecular weight excluding hydrogens is 340 g/mol. The van der Waals surface area contributed by atoms with Crippen LogP contribution in [0, 0.1) is 0 Å². The van der Waals surface area contributed by atoms with Gasteiger partial charge < -0.3 is 9.47 Å². The van der Waals surface area contributed by atoms with Crippen molar-refractivity contribution in [2.45, 2.75) is 38.8 Å². The molecule has 1 aliphatic heterocycles. The number of nitrogens with zero attached hydrogens (tertiary/aromatic N) is 6. The second-order valence-corrected chi connectivity index (χ2v) is 6.95. The summed E-state index contributed by atoms with van der Waals surface area (Å²) in [5, 5.41) is 4.23. The first kappa shape index (κ1) is 17.5. The zero-order valence-corrected chi connectivity index (χ0v) is 15.5. The molecule has 7 nitrogen and oxygen atoms in total. The fraction of sp³-hybridized carbons (Fsp3) is 0.400. The number of carbonyl (C=O) groups excluding carboxylic acids is 1. The van der Waals surface area contributed by atoms with Crippen LogP contribution < -0.4 is 0 Å². The lowest BCUT2D eigenvalue weighted by Gasteiger charge is -2.32. The Balaban J connectivity index is 1.49. The first-order valence-electron chi connectivity index (χ1n) is 9.46. The molecule has 1 saturated heterocycles. The highest BCUT2D eigenvalue weighted by Gasteiger charge is 2.28. The monoisotopic (exact) mass is 364 g/mol. The minimum Gasteiger partial charge on any atom is -0.338 e. The predicted octanol–water partition coefficient (Wildman–Crippen LogP) is 2.56. The van der Waals surface area contributed by atoms with Crippen LogP contribution in [0.1, 0.15) is 47.4 Å². The molecule has 0 saturated carbocycles. The third-order valence-electron chi connectivity index (χ3n) is 5.10. The van der Waals surface area contributed by atoms with E-state index in [1.807, 2.05) is 42.7 Å². The maximum Gasteiger partial charge on any atom is 0.257 e. The first-order valence-corrected chi connectivity index (χ1v) is 9.46. The summed E-state index contributed by atoms with van der Waals surface area (Å²) >= 11 is 0. The van der Waals surface area contributed by atoms with Gasteiger partial charge in [-0.1, -0.05) is 6.07 Å². The third-order valence-corrected chi connectivity index (χ3v) is 5.10. The van der Waals surface area contributed by atoms with Crippen LogP contribution in [0.5, 0.6) is 0 Å². The Bertz CT molecular complexity index is 900. The van der Waals surface area contributed by atoms with Gasteiger partial charge in [0, 0.05) is 56.5 Å². The minimum atomic E-state index is 0.0600. The molecule has 1 atom stereocenters. The Morgan fingerprint density at radius 1 is 1.30 bits per heavy atom. The van der Waals surface area contributed by atoms with Gasteiger partial charge in [0.15, 0.2) is 0 Å². The summed E-state index contributed by atoms with van der Waals surface area (Å²) in [5.74, 6) is 1.35. The van der Waals surface area contributed by atoms with Crippen LogP contribution in [0.4, 0.5) is 0 Å². The van der Waals surface area contributed by atoms with E-state index in [1.165, 1.54) is 0 Å². The molecule has 27 heavy (non-hydrogen) atoms. The molecule has 4 rings (SSSR count). The molecule has 1 fully saturated rings. The Morgan fingerprint density at radius 2 is 2.22 bits per heavy atom. The first-order chi connectivity index (χ1) is 13.2. The van der Waals surface area contributed by atoms with E-state index in [-0.39, 0.29) is 11.8 Å². The fourth-order valence-corrected chi connectivity index (χ4v) is 3.70. The maximum absolute atomic E-state index is 12.9. The number of hydrogen-bond donors (Lipinski definition) is 0. The second kappa shape index (κ2) is 7.73. The van der Waals surface area contributed by atoms with Gasteiger partial charge >= 0.3 is 0 Å². The minimum absolute atomic E-state index is 0.0600. The Labute approximate surface area is 158 Å². The van der Waals surface area contributed by atoms with Crippen LogP contribution in [0.15, 0.2) is 49.3 Å². The summed E-state index contributed by atoms with van der Waals surface area (Å²) in [6.45, 7) is 5.01. The van der Waals surface area contributed by atoms with Crippen LogP contribution in [0.2, 0.25) is 0 Å². The van der Waals surface area contributed by atoms with Crippen molar-refractivity contribution in [3.05, 3.63) is 66.3 Å². The number of carbonyl (C=O) groups is 1. The van der Waals surface area contributed by atoms with E-state index in [1.54, 1.807) is 17.1 Å². The molecule has 0 N–H and O–H groups in total. The molecular formula is C20H24N6O. The topological polar surface area (TPSA) is 68.8 Å². The van der Waals surface area contributed by atoms with Crippen LogP contribution in [-0.4, -0.2) is 48.2 Å². The number of pyridine rings is 1.